The fraction of sp³-hybridized carbons (Fsp3) is 0.364. The Morgan fingerprint density at radius 1 is 1.59 bits per heavy atom. The van der Waals surface area contributed by atoms with E-state index in [4.69, 9.17) is 5.11 Å². The Labute approximate surface area is 98.4 Å². The molecule has 1 aromatic carbocycles. The topological polar surface area (TPSA) is 92.5 Å². The van der Waals surface area contributed by atoms with Crippen molar-refractivity contribution in [1.82, 2.24) is 5.32 Å². The van der Waals surface area contributed by atoms with E-state index < -0.39 is 16.9 Å². The quantitative estimate of drug-likeness (QED) is 0.581. The van der Waals surface area contributed by atoms with Crippen molar-refractivity contribution in [1.29, 1.82) is 0 Å². The molecular weight excluding hydrogens is 224 g/mol. The molecule has 2 N–H and O–H groups in total. The van der Waals surface area contributed by atoms with E-state index in [1.165, 1.54) is 19.1 Å². The van der Waals surface area contributed by atoms with Gasteiger partial charge in [-0.05, 0) is 18.9 Å². The normalized spacial score (nSPS) is 11.9. The van der Waals surface area contributed by atoms with Gasteiger partial charge in [-0.1, -0.05) is 12.1 Å². The lowest BCUT2D eigenvalue weighted by Gasteiger charge is -2.06. The summed E-state index contributed by atoms with van der Waals surface area (Å²) in [5.74, 6) is -0.449. The molecule has 1 amide bonds. The van der Waals surface area contributed by atoms with Gasteiger partial charge in [-0.3, -0.25) is 14.9 Å². The molecule has 0 saturated carbocycles. The first-order valence-electron chi connectivity index (χ1n) is 5.20. The zero-order chi connectivity index (χ0) is 12.8. The van der Waals surface area contributed by atoms with Crippen molar-refractivity contribution in [2.75, 3.05) is 6.54 Å². The highest BCUT2D eigenvalue weighted by Gasteiger charge is 2.08. The third-order valence-electron chi connectivity index (χ3n) is 2.21. The van der Waals surface area contributed by atoms with E-state index in [0.717, 1.165) is 5.56 Å². The third kappa shape index (κ3) is 4.20. The summed E-state index contributed by atoms with van der Waals surface area (Å²) in [6.07, 6.45) is -0.555. The maximum Gasteiger partial charge on any atom is 0.269 e. The van der Waals surface area contributed by atoms with E-state index >= 15 is 0 Å². The largest absolute Gasteiger partial charge is 0.384 e. The number of amides is 1. The number of benzene rings is 1. The summed E-state index contributed by atoms with van der Waals surface area (Å²) in [4.78, 5) is 21.1. The number of nitrogens with one attached hydrogen (secondary N) is 1. The van der Waals surface area contributed by atoms with Gasteiger partial charge in [0.15, 0.2) is 0 Å². The number of nitro benzene ring substituents is 1. The minimum absolute atomic E-state index is 0.0318. The fourth-order valence-electron chi connectivity index (χ4n) is 1.30. The molecule has 0 aromatic heterocycles. The number of hydrogen-bond acceptors (Lipinski definition) is 4. The van der Waals surface area contributed by atoms with Gasteiger partial charge < -0.3 is 10.4 Å². The molecule has 0 spiro atoms. The average Bonchev–Trinajstić information content (AvgIpc) is 2.29. The number of rotatable bonds is 5. The first-order valence-corrected chi connectivity index (χ1v) is 5.20. The zero-order valence-corrected chi connectivity index (χ0v) is 9.42. The number of aliphatic hydroxyl groups is 1. The first-order chi connectivity index (χ1) is 8.00. The van der Waals surface area contributed by atoms with Crippen LogP contribution in [0.15, 0.2) is 24.3 Å². The van der Waals surface area contributed by atoms with Crippen LogP contribution in [0.5, 0.6) is 0 Å². The van der Waals surface area contributed by atoms with Crippen molar-refractivity contribution in [2.45, 2.75) is 19.4 Å². The number of aliphatic hydroxyl groups excluding tert-OH is 1. The van der Waals surface area contributed by atoms with E-state index in [-0.39, 0.29) is 5.69 Å². The molecule has 0 aliphatic carbocycles. The molecule has 1 atom stereocenters. The van der Waals surface area contributed by atoms with Gasteiger partial charge in [0, 0.05) is 18.7 Å². The van der Waals surface area contributed by atoms with E-state index in [9.17, 15) is 14.9 Å². The predicted molar refractivity (Wildman–Crippen MR) is 61.5 cm³/mol. The van der Waals surface area contributed by atoms with Crippen LogP contribution in [0.2, 0.25) is 0 Å². The molecule has 1 aromatic rings. The molecular formula is C11H14N2O4. The Kier molecular flexibility index (Phi) is 4.59. The van der Waals surface area contributed by atoms with Crippen LogP contribution in [0.3, 0.4) is 0 Å². The predicted octanol–water partition coefficient (Wildman–Crippen LogP) is 0.634. The zero-order valence-electron chi connectivity index (χ0n) is 9.42. The lowest BCUT2D eigenvalue weighted by Crippen LogP contribution is -2.33. The average molecular weight is 238 g/mol. The fourth-order valence-corrected chi connectivity index (χ4v) is 1.30. The van der Waals surface area contributed by atoms with Crippen LogP contribution in [0.4, 0.5) is 5.69 Å². The Bertz CT molecular complexity index is 418. The third-order valence-corrected chi connectivity index (χ3v) is 2.21. The first kappa shape index (κ1) is 13.1. The molecule has 0 unspecified atom stereocenters. The van der Waals surface area contributed by atoms with Gasteiger partial charge in [0.25, 0.3) is 5.69 Å². The van der Waals surface area contributed by atoms with Crippen LogP contribution in [0, 0.1) is 10.1 Å². The molecule has 6 heteroatoms. The molecule has 0 aliphatic rings. The summed E-state index contributed by atoms with van der Waals surface area (Å²) >= 11 is 0. The van der Waals surface area contributed by atoms with Gasteiger partial charge in [0.2, 0.25) is 5.91 Å². The van der Waals surface area contributed by atoms with Crippen molar-refractivity contribution in [3.63, 3.8) is 0 Å². The van der Waals surface area contributed by atoms with Crippen molar-refractivity contribution in [3.8, 4) is 0 Å². The lowest BCUT2D eigenvalue weighted by atomic mass is 10.1. The van der Waals surface area contributed by atoms with Gasteiger partial charge in [-0.15, -0.1) is 0 Å². The number of hydrogen-bond donors (Lipinski definition) is 2. The van der Waals surface area contributed by atoms with Crippen LogP contribution in [-0.4, -0.2) is 28.6 Å². The van der Waals surface area contributed by atoms with Gasteiger partial charge in [-0.25, -0.2) is 0 Å². The van der Waals surface area contributed by atoms with Crippen molar-refractivity contribution in [2.24, 2.45) is 0 Å². The van der Waals surface area contributed by atoms with Gasteiger partial charge in [0.05, 0.1) is 4.92 Å². The number of nitrogens with zero attached hydrogens (tertiary/aromatic N) is 1. The van der Waals surface area contributed by atoms with Crippen LogP contribution in [0.25, 0.3) is 0 Å². The molecule has 0 radical (unpaired) electrons. The highest BCUT2D eigenvalue weighted by atomic mass is 16.6. The molecule has 1 rings (SSSR count). The van der Waals surface area contributed by atoms with Crippen LogP contribution >= 0.6 is 0 Å². The van der Waals surface area contributed by atoms with Crippen LogP contribution in [-0.2, 0) is 11.2 Å². The minimum atomic E-state index is -1.04. The SMILES string of the molecule is C[C@@H](O)C(=O)NCCc1cccc([N+](=O)[O-])c1. The lowest BCUT2D eigenvalue weighted by molar-refractivity contribution is -0.384. The standard InChI is InChI=1S/C11H14N2O4/c1-8(14)11(15)12-6-5-9-3-2-4-10(7-9)13(16)17/h2-4,7-8,14H,5-6H2,1H3,(H,12,15)/t8-/m1/s1. The summed E-state index contributed by atoms with van der Waals surface area (Å²) in [6.45, 7) is 1.72. The highest BCUT2D eigenvalue weighted by Crippen LogP contribution is 2.13. The summed E-state index contributed by atoms with van der Waals surface area (Å²) in [7, 11) is 0. The minimum Gasteiger partial charge on any atom is -0.384 e. The molecule has 92 valence electrons. The monoisotopic (exact) mass is 238 g/mol. The molecule has 0 saturated heterocycles. The number of carbonyl (C=O) groups is 1. The summed E-state index contributed by atoms with van der Waals surface area (Å²) in [6, 6.07) is 6.23. The number of non-ortho nitro benzene ring substituents is 1. The Morgan fingerprint density at radius 2 is 2.29 bits per heavy atom. The molecule has 0 aliphatic heterocycles. The molecule has 6 nitrogen and oxygen atoms in total. The second-order valence-corrected chi connectivity index (χ2v) is 3.64. The summed E-state index contributed by atoms with van der Waals surface area (Å²) in [5, 5.41) is 22.0. The second-order valence-electron chi connectivity index (χ2n) is 3.64. The maximum absolute atomic E-state index is 11.0. The van der Waals surface area contributed by atoms with E-state index in [2.05, 4.69) is 5.32 Å². The van der Waals surface area contributed by atoms with Gasteiger partial charge >= 0.3 is 0 Å². The second kappa shape index (κ2) is 5.95. The molecule has 0 heterocycles. The smallest absolute Gasteiger partial charge is 0.269 e. The molecule has 17 heavy (non-hydrogen) atoms. The Hall–Kier alpha value is -1.95. The highest BCUT2D eigenvalue weighted by molar-refractivity contribution is 5.79. The van der Waals surface area contributed by atoms with E-state index in [0.29, 0.717) is 13.0 Å². The van der Waals surface area contributed by atoms with Gasteiger partial charge in [-0.2, -0.15) is 0 Å². The Balaban J connectivity index is 2.50. The van der Waals surface area contributed by atoms with Crippen LogP contribution in [0.1, 0.15) is 12.5 Å². The number of nitro groups is 1. The van der Waals surface area contributed by atoms with Gasteiger partial charge in [0.1, 0.15) is 6.10 Å². The van der Waals surface area contributed by atoms with Crippen molar-refractivity contribution >= 4 is 11.6 Å². The van der Waals surface area contributed by atoms with Crippen molar-refractivity contribution in [3.05, 3.63) is 39.9 Å². The number of carbonyl (C=O) groups excluding carboxylic acids is 1. The van der Waals surface area contributed by atoms with Crippen molar-refractivity contribution < 1.29 is 14.8 Å². The molecule has 0 bridgehead atoms. The summed E-state index contributed by atoms with van der Waals surface area (Å²) < 4.78 is 0. The van der Waals surface area contributed by atoms with E-state index in [1.807, 2.05) is 0 Å². The molecule has 0 fully saturated rings. The van der Waals surface area contributed by atoms with Crippen LogP contribution < -0.4 is 5.32 Å². The van der Waals surface area contributed by atoms with E-state index in [1.54, 1.807) is 12.1 Å². The Morgan fingerprint density at radius 3 is 2.88 bits per heavy atom. The summed E-state index contributed by atoms with van der Waals surface area (Å²) in [5.41, 5.74) is 0.800. The maximum atomic E-state index is 11.0.